The number of alkyl halides is 1. The van der Waals surface area contributed by atoms with Crippen molar-refractivity contribution in [1.82, 2.24) is 0 Å². The largest absolute Gasteiger partial charge is 0.501 e. The minimum atomic E-state index is -2.43. The van der Waals surface area contributed by atoms with E-state index in [0.717, 1.165) is 30.1 Å². The monoisotopic (exact) mass is 406 g/mol. The molecule has 3 nitrogen and oxygen atoms in total. The molecule has 0 aromatic heterocycles. The fourth-order valence-electron chi connectivity index (χ4n) is 2.24. The quantitative estimate of drug-likeness (QED) is 0.409. The van der Waals surface area contributed by atoms with Gasteiger partial charge in [-0.3, -0.25) is 0 Å². The molecule has 0 radical (unpaired) electrons. The van der Waals surface area contributed by atoms with Crippen LogP contribution in [-0.4, -0.2) is 28.6 Å². The first kappa shape index (κ1) is 16.4. The van der Waals surface area contributed by atoms with Crippen molar-refractivity contribution < 1.29 is 13.3 Å². The Bertz CT molecular complexity index is 402. The molecule has 20 heavy (non-hydrogen) atoms. The molecule has 1 fully saturated rings. The van der Waals surface area contributed by atoms with E-state index in [1.807, 2.05) is 6.92 Å². The zero-order valence-corrected chi connectivity index (χ0v) is 15.4. The summed E-state index contributed by atoms with van der Waals surface area (Å²) in [7, 11) is -2.43. The van der Waals surface area contributed by atoms with Crippen LogP contribution in [0.4, 0.5) is 0 Å². The van der Waals surface area contributed by atoms with Gasteiger partial charge in [0.15, 0.2) is 0 Å². The summed E-state index contributed by atoms with van der Waals surface area (Å²) in [5, 5.41) is 0. The minimum absolute atomic E-state index is 0.471. The predicted octanol–water partition coefficient (Wildman–Crippen LogP) is 3.82. The molecule has 0 amide bonds. The van der Waals surface area contributed by atoms with E-state index in [2.05, 4.69) is 53.8 Å². The average Bonchev–Trinajstić information content (AvgIpc) is 2.49. The first-order valence-electron chi connectivity index (χ1n) is 7.23. The standard InChI is InChI=1S/C15H23IO3Si/c1-3-17-20(18-11-13(2)12-19-20)9-8-14-4-6-15(10-16)7-5-14/h4-7,13H,3,8-12H2,1-2H3. The second kappa shape index (κ2) is 7.89. The summed E-state index contributed by atoms with van der Waals surface area (Å²) in [5.41, 5.74) is 2.70. The van der Waals surface area contributed by atoms with Crippen molar-refractivity contribution in [2.75, 3.05) is 19.8 Å². The van der Waals surface area contributed by atoms with Gasteiger partial charge in [0.25, 0.3) is 0 Å². The fraction of sp³-hybridized carbons (Fsp3) is 0.600. The van der Waals surface area contributed by atoms with Gasteiger partial charge in [0, 0.05) is 36.2 Å². The lowest BCUT2D eigenvalue weighted by Crippen LogP contribution is -2.51. The first-order chi connectivity index (χ1) is 9.67. The van der Waals surface area contributed by atoms with E-state index in [-0.39, 0.29) is 0 Å². The highest BCUT2D eigenvalue weighted by atomic mass is 127. The lowest BCUT2D eigenvalue weighted by Gasteiger charge is -2.35. The van der Waals surface area contributed by atoms with Gasteiger partial charge in [-0.15, -0.1) is 0 Å². The summed E-state index contributed by atoms with van der Waals surface area (Å²) in [6.45, 7) is 6.34. The summed E-state index contributed by atoms with van der Waals surface area (Å²) in [6, 6.07) is 9.67. The highest BCUT2D eigenvalue weighted by Crippen LogP contribution is 2.25. The summed E-state index contributed by atoms with van der Waals surface area (Å²) in [6.07, 6.45) is 0.960. The van der Waals surface area contributed by atoms with E-state index >= 15 is 0 Å². The van der Waals surface area contributed by atoms with Gasteiger partial charge in [0.2, 0.25) is 0 Å². The van der Waals surface area contributed by atoms with Crippen LogP contribution in [0.15, 0.2) is 24.3 Å². The van der Waals surface area contributed by atoms with Crippen LogP contribution in [0.3, 0.4) is 0 Å². The lowest BCUT2D eigenvalue weighted by atomic mass is 10.1. The Morgan fingerprint density at radius 3 is 2.35 bits per heavy atom. The first-order valence-corrected chi connectivity index (χ1v) is 10.7. The lowest BCUT2D eigenvalue weighted by molar-refractivity contribution is -0.00242. The molecule has 1 heterocycles. The summed E-state index contributed by atoms with van der Waals surface area (Å²) in [5.74, 6) is 0.471. The van der Waals surface area contributed by atoms with E-state index < -0.39 is 8.80 Å². The molecule has 1 aliphatic rings. The third-order valence-electron chi connectivity index (χ3n) is 3.44. The number of aryl methyl sites for hydroxylation is 1. The molecular weight excluding hydrogens is 383 g/mol. The molecule has 0 aliphatic carbocycles. The van der Waals surface area contributed by atoms with Crippen LogP contribution in [0.1, 0.15) is 25.0 Å². The van der Waals surface area contributed by atoms with Crippen LogP contribution in [0, 0.1) is 5.92 Å². The Morgan fingerprint density at radius 1 is 1.20 bits per heavy atom. The van der Waals surface area contributed by atoms with Crippen LogP contribution in [-0.2, 0) is 24.1 Å². The van der Waals surface area contributed by atoms with Crippen molar-refractivity contribution in [2.24, 2.45) is 5.92 Å². The SMILES string of the molecule is CCO[Si]1(CCc2ccc(CI)cc2)OCC(C)CO1. The summed E-state index contributed by atoms with van der Waals surface area (Å²) < 4.78 is 18.9. The summed E-state index contributed by atoms with van der Waals surface area (Å²) >= 11 is 2.38. The van der Waals surface area contributed by atoms with Gasteiger partial charge in [0.05, 0.1) is 0 Å². The van der Waals surface area contributed by atoms with Gasteiger partial charge in [-0.2, -0.15) is 0 Å². The van der Waals surface area contributed by atoms with Crippen molar-refractivity contribution in [3.8, 4) is 0 Å². The molecule has 112 valence electrons. The Hall–Kier alpha value is 0.0469. The van der Waals surface area contributed by atoms with Crippen molar-refractivity contribution in [3.63, 3.8) is 0 Å². The van der Waals surface area contributed by atoms with Crippen LogP contribution >= 0.6 is 22.6 Å². The maximum Gasteiger partial charge on any atom is 0.501 e. The van der Waals surface area contributed by atoms with Gasteiger partial charge >= 0.3 is 8.80 Å². The van der Waals surface area contributed by atoms with Crippen molar-refractivity contribution >= 4 is 31.4 Å². The Balaban J connectivity index is 1.94. The topological polar surface area (TPSA) is 27.7 Å². The Morgan fingerprint density at radius 2 is 1.80 bits per heavy atom. The van der Waals surface area contributed by atoms with Gasteiger partial charge in [-0.05, 0) is 24.5 Å². The summed E-state index contributed by atoms with van der Waals surface area (Å²) in [4.78, 5) is 0. The van der Waals surface area contributed by atoms with E-state index in [4.69, 9.17) is 13.3 Å². The van der Waals surface area contributed by atoms with Gasteiger partial charge in [-0.1, -0.05) is 53.8 Å². The molecule has 1 aromatic rings. The number of hydrogen-bond acceptors (Lipinski definition) is 3. The zero-order chi connectivity index (χ0) is 14.4. The Kier molecular flexibility index (Phi) is 6.47. The fourth-order valence-corrected chi connectivity index (χ4v) is 5.54. The van der Waals surface area contributed by atoms with Crippen LogP contribution in [0.2, 0.25) is 6.04 Å². The second-order valence-electron chi connectivity index (χ2n) is 5.29. The van der Waals surface area contributed by atoms with Gasteiger partial charge in [0.1, 0.15) is 0 Å². The molecule has 1 aromatic carbocycles. The predicted molar refractivity (Wildman–Crippen MR) is 91.1 cm³/mol. The maximum absolute atomic E-state index is 5.98. The van der Waals surface area contributed by atoms with Crippen LogP contribution < -0.4 is 0 Å². The minimum Gasteiger partial charge on any atom is -0.374 e. The number of halogens is 1. The molecule has 5 heteroatoms. The molecule has 0 saturated carbocycles. The highest BCUT2D eigenvalue weighted by Gasteiger charge is 2.43. The molecule has 0 atom stereocenters. The van der Waals surface area contributed by atoms with E-state index in [1.54, 1.807) is 0 Å². The smallest absolute Gasteiger partial charge is 0.374 e. The van der Waals surface area contributed by atoms with E-state index in [1.165, 1.54) is 11.1 Å². The highest BCUT2D eigenvalue weighted by molar-refractivity contribution is 14.1. The molecule has 2 rings (SSSR count). The third-order valence-corrected chi connectivity index (χ3v) is 7.12. The van der Waals surface area contributed by atoms with E-state index in [0.29, 0.717) is 12.5 Å². The molecule has 0 spiro atoms. The van der Waals surface area contributed by atoms with Crippen molar-refractivity contribution in [3.05, 3.63) is 35.4 Å². The molecule has 0 bridgehead atoms. The van der Waals surface area contributed by atoms with Gasteiger partial charge in [-0.25, -0.2) is 0 Å². The second-order valence-corrected chi connectivity index (χ2v) is 8.79. The zero-order valence-electron chi connectivity index (χ0n) is 12.2. The maximum atomic E-state index is 5.98. The molecule has 1 saturated heterocycles. The van der Waals surface area contributed by atoms with E-state index in [9.17, 15) is 0 Å². The average molecular weight is 406 g/mol. The van der Waals surface area contributed by atoms with Crippen molar-refractivity contribution in [1.29, 1.82) is 0 Å². The molecule has 0 N–H and O–H groups in total. The number of hydrogen-bond donors (Lipinski definition) is 0. The van der Waals surface area contributed by atoms with Gasteiger partial charge < -0.3 is 13.3 Å². The number of benzene rings is 1. The van der Waals surface area contributed by atoms with Crippen LogP contribution in [0.5, 0.6) is 0 Å². The molecule has 1 aliphatic heterocycles. The molecule has 0 unspecified atom stereocenters. The molecular formula is C15H23IO3Si. The number of rotatable bonds is 6. The van der Waals surface area contributed by atoms with Crippen molar-refractivity contribution in [2.45, 2.75) is 30.7 Å². The van der Waals surface area contributed by atoms with Crippen LogP contribution in [0.25, 0.3) is 0 Å². The Labute approximate surface area is 136 Å². The normalized spacial score (nSPS) is 26.6. The third kappa shape index (κ3) is 4.52.